The standard InChI is InChI=1S/C26H32F3N3O4/c1-17-4-5-22(36-16-26(27,28)29)23(12-17)35-11-7-31-18(2)13-19-14-20-6-9-32(8-3-10-33)24(20)21(15-19)25(30)34/h4-6,9,12,14-15,18,31,33H,3,7-8,10-11,13,16H2,1-2H3,(H2,30,34). The van der Waals surface area contributed by atoms with Crippen molar-refractivity contribution in [3.05, 3.63) is 59.3 Å². The number of alkyl halides is 3. The number of nitrogens with two attached hydrogens (primary N) is 1. The maximum atomic E-state index is 12.5. The number of hydrogen-bond acceptors (Lipinski definition) is 5. The Hall–Kier alpha value is -3.24. The zero-order valence-electron chi connectivity index (χ0n) is 20.4. The highest BCUT2D eigenvalue weighted by Crippen LogP contribution is 2.30. The van der Waals surface area contributed by atoms with Crippen LogP contribution in [0.15, 0.2) is 42.6 Å². The molecule has 0 aliphatic rings. The first-order valence-electron chi connectivity index (χ1n) is 11.8. The highest BCUT2D eigenvalue weighted by Gasteiger charge is 2.29. The molecule has 0 saturated heterocycles. The number of primary amides is 1. The molecule has 1 amide bonds. The summed E-state index contributed by atoms with van der Waals surface area (Å²) in [7, 11) is 0. The number of carbonyl (C=O) groups is 1. The van der Waals surface area contributed by atoms with Gasteiger partial charge in [0.05, 0.1) is 11.1 Å². The number of rotatable bonds is 13. The van der Waals surface area contributed by atoms with Crippen LogP contribution in [0.3, 0.4) is 0 Å². The summed E-state index contributed by atoms with van der Waals surface area (Å²) in [5.41, 5.74) is 8.64. The molecule has 1 aromatic heterocycles. The van der Waals surface area contributed by atoms with E-state index in [-0.39, 0.29) is 30.8 Å². The van der Waals surface area contributed by atoms with E-state index in [1.165, 1.54) is 6.07 Å². The van der Waals surface area contributed by atoms with Crippen molar-refractivity contribution in [2.45, 2.75) is 45.5 Å². The molecule has 3 rings (SSSR count). The van der Waals surface area contributed by atoms with Crippen molar-refractivity contribution in [1.82, 2.24) is 9.88 Å². The van der Waals surface area contributed by atoms with Crippen molar-refractivity contribution in [1.29, 1.82) is 0 Å². The summed E-state index contributed by atoms with van der Waals surface area (Å²) in [5.74, 6) is -0.207. The maximum Gasteiger partial charge on any atom is 0.422 e. The van der Waals surface area contributed by atoms with Gasteiger partial charge in [-0.15, -0.1) is 0 Å². The third-order valence-electron chi connectivity index (χ3n) is 5.63. The van der Waals surface area contributed by atoms with Crippen LogP contribution >= 0.6 is 0 Å². The van der Waals surface area contributed by atoms with Crippen LogP contribution in [0.1, 0.15) is 34.8 Å². The number of halogens is 3. The Morgan fingerprint density at radius 2 is 1.94 bits per heavy atom. The van der Waals surface area contributed by atoms with Gasteiger partial charge in [-0.3, -0.25) is 4.79 Å². The number of aliphatic hydroxyl groups excluding tert-OH is 1. The summed E-state index contributed by atoms with van der Waals surface area (Å²) in [5, 5.41) is 13.4. The highest BCUT2D eigenvalue weighted by atomic mass is 19.4. The molecule has 1 unspecified atom stereocenters. The lowest BCUT2D eigenvalue weighted by Crippen LogP contribution is -2.32. The second-order valence-electron chi connectivity index (χ2n) is 8.79. The molecule has 0 aliphatic carbocycles. The van der Waals surface area contributed by atoms with Gasteiger partial charge >= 0.3 is 6.18 Å². The molecule has 4 N–H and O–H groups in total. The Kier molecular flexibility index (Phi) is 9.22. The van der Waals surface area contributed by atoms with Crippen LogP contribution in [0.25, 0.3) is 10.9 Å². The van der Waals surface area contributed by atoms with E-state index in [1.54, 1.807) is 18.2 Å². The number of nitrogens with one attached hydrogen (secondary N) is 1. The topological polar surface area (TPSA) is 98.7 Å². The Labute approximate surface area is 208 Å². The van der Waals surface area contributed by atoms with Crippen molar-refractivity contribution in [3.63, 3.8) is 0 Å². The molecule has 0 radical (unpaired) electrons. The molecule has 0 saturated carbocycles. The van der Waals surface area contributed by atoms with Crippen molar-refractivity contribution in [2.75, 3.05) is 26.4 Å². The van der Waals surface area contributed by atoms with Crippen molar-refractivity contribution < 1.29 is 32.5 Å². The Morgan fingerprint density at radius 3 is 2.64 bits per heavy atom. The number of aromatic nitrogens is 1. The molecule has 10 heteroatoms. The van der Waals surface area contributed by atoms with Gasteiger partial charge in [0.25, 0.3) is 5.91 Å². The average Bonchev–Trinajstić information content (AvgIpc) is 3.21. The molecule has 1 heterocycles. The summed E-state index contributed by atoms with van der Waals surface area (Å²) in [6.07, 6.45) is -1.35. The first kappa shape index (κ1) is 27.3. The van der Waals surface area contributed by atoms with E-state index in [9.17, 15) is 18.0 Å². The molecular formula is C26H32F3N3O4. The summed E-state index contributed by atoms with van der Waals surface area (Å²) < 4.78 is 50.1. The minimum absolute atomic E-state index is 0.0294. The van der Waals surface area contributed by atoms with Gasteiger partial charge in [-0.2, -0.15) is 13.2 Å². The van der Waals surface area contributed by atoms with Crippen LogP contribution in [-0.4, -0.2) is 54.2 Å². The fourth-order valence-corrected chi connectivity index (χ4v) is 4.04. The zero-order valence-corrected chi connectivity index (χ0v) is 20.4. The van der Waals surface area contributed by atoms with Gasteiger partial charge in [0.1, 0.15) is 6.61 Å². The Bertz CT molecular complexity index is 1180. The average molecular weight is 508 g/mol. The smallest absolute Gasteiger partial charge is 0.422 e. The van der Waals surface area contributed by atoms with E-state index >= 15 is 0 Å². The fraction of sp³-hybridized carbons (Fsp3) is 0.423. The van der Waals surface area contributed by atoms with Gasteiger partial charge in [0, 0.05) is 37.3 Å². The van der Waals surface area contributed by atoms with E-state index in [4.69, 9.17) is 20.3 Å². The van der Waals surface area contributed by atoms with E-state index in [2.05, 4.69) is 5.32 Å². The number of aryl methyl sites for hydroxylation is 2. The van der Waals surface area contributed by atoms with Crippen LogP contribution in [0, 0.1) is 6.92 Å². The molecule has 1 atom stereocenters. The number of fused-ring (bicyclic) bond motifs is 1. The van der Waals surface area contributed by atoms with Crippen LogP contribution in [0.2, 0.25) is 0 Å². The number of carbonyl (C=O) groups excluding carboxylic acids is 1. The predicted octanol–water partition coefficient (Wildman–Crippen LogP) is 3.97. The summed E-state index contributed by atoms with van der Waals surface area (Å²) >= 11 is 0. The number of ether oxygens (including phenoxy) is 2. The lowest BCUT2D eigenvalue weighted by Gasteiger charge is -2.17. The summed E-state index contributed by atoms with van der Waals surface area (Å²) in [6, 6.07) is 10.5. The van der Waals surface area contributed by atoms with Gasteiger partial charge in [-0.05, 0) is 68.1 Å². The van der Waals surface area contributed by atoms with Gasteiger partial charge in [0.15, 0.2) is 18.1 Å². The molecule has 0 aliphatic heterocycles. The molecule has 196 valence electrons. The SMILES string of the molecule is Cc1ccc(OCC(F)(F)F)c(OCCNC(C)Cc2cc(C(N)=O)c3c(ccn3CCCO)c2)c1. The molecular weight excluding hydrogens is 475 g/mol. The number of benzene rings is 2. The highest BCUT2D eigenvalue weighted by molar-refractivity contribution is 6.05. The minimum atomic E-state index is -4.43. The van der Waals surface area contributed by atoms with Crippen molar-refractivity contribution >= 4 is 16.8 Å². The van der Waals surface area contributed by atoms with E-state index in [0.717, 1.165) is 22.0 Å². The number of amides is 1. The molecule has 7 nitrogen and oxygen atoms in total. The summed E-state index contributed by atoms with van der Waals surface area (Å²) in [4.78, 5) is 12.1. The Balaban J connectivity index is 1.58. The third kappa shape index (κ3) is 7.63. The lowest BCUT2D eigenvalue weighted by atomic mass is 10.0. The van der Waals surface area contributed by atoms with E-state index in [1.807, 2.05) is 36.7 Å². The maximum absolute atomic E-state index is 12.5. The minimum Gasteiger partial charge on any atom is -0.488 e. The molecule has 0 spiro atoms. The monoisotopic (exact) mass is 507 g/mol. The van der Waals surface area contributed by atoms with E-state index in [0.29, 0.717) is 31.5 Å². The summed E-state index contributed by atoms with van der Waals surface area (Å²) in [6.45, 7) is 3.75. The fourth-order valence-electron chi connectivity index (χ4n) is 4.04. The van der Waals surface area contributed by atoms with Crippen LogP contribution in [-0.2, 0) is 13.0 Å². The number of hydrogen-bond donors (Lipinski definition) is 3. The molecule has 3 aromatic rings. The number of aliphatic hydroxyl groups is 1. The first-order chi connectivity index (χ1) is 17.1. The van der Waals surface area contributed by atoms with Crippen molar-refractivity contribution in [2.24, 2.45) is 5.73 Å². The van der Waals surface area contributed by atoms with Gasteiger partial charge in [-0.25, -0.2) is 0 Å². The quantitative estimate of drug-likeness (QED) is 0.304. The Morgan fingerprint density at radius 1 is 1.17 bits per heavy atom. The first-order valence-corrected chi connectivity index (χ1v) is 11.8. The normalized spacial score (nSPS) is 12.6. The predicted molar refractivity (Wildman–Crippen MR) is 132 cm³/mol. The largest absolute Gasteiger partial charge is 0.488 e. The lowest BCUT2D eigenvalue weighted by molar-refractivity contribution is -0.153. The van der Waals surface area contributed by atoms with Crippen LogP contribution in [0.4, 0.5) is 13.2 Å². The molecule has 0 fully saturated rings. The second kappa shape index (κ2) is 12.1. The third-order valence-corrected chi connectivity index (χ3v) is 5.63. The zero-order chi connectivity index (χ0) is 26.3. The van der Waals surface area contributed by atoms with Gasteiger partial charge < -0.3 is 30.2 Å². The van der Waals surface area contributed by atoms with E-state index < -0.39 is 18.7 Å². The molecule has 36 heavy (non-hydrogen) atoms. The second-order valence-corrected chi connectivity index (χ2v) is 8.79. The van der Waals surface area contributed by atoms with Gasteiger partial charge in [-0.1, -0.05) is 6.07 Å². The number of nitrogens with zero attached hydrogens (tertiary/aromatic N) is 1. The molecule has 0 bridgehead atoms. The van der Waals surface area contributed by atoms with Crippen LogP contribution in [0.5, 0.6) is 11.5 Å². The van der Waals surface area contributed by atoms with Crippen molar-refractivity contribution in [3.8, 4) is 11.5 Å². The molecule has 2 aromatic carbocycles. The van der Waals surface area contributed by atoms with Gasteiger partial charge in [0.2, 0.25) is 0 Å². The van der Waals surface area contributed by atoms with Crippen LogP contribution < -0.4 is 20.5 Å².